The maximum atomic E-state index is 12.8. The smallest absolute Gasteiger partial charge is 0.223 e. The van der Waals surface area contributed by atoms with Crippen LogP contribution in [-0.4, -0.2) is 49.9 Å². The van der Waals surface area contributed by atoms with Gasteiger partial charge in [0.15, 0.2) is 9.84 Å². The minimum Gasteiger partial charge on any atom is -0.339 e. The molecule has 1 saturated carbocycles. The standard InChI is InChI=1S/C16H30N2O3S/c1-2-9-18(14-6-10-22(20,21)12-14)15(19)11-16(13-17)7-4-3-5-8-16/h14H,2-13,17H2,1H3. The van der Waals surface area contributed by atoms with Crippen LogP contribution in [0, 0.1) is 5.41 Å². The quantitative estimate of drug-likeness (QED) is 0.804. The Bertz CT molecular complexity index is 484. The van der Waals surface area contributed by atoms with Gasteiger partial charge in [0.05, 0.1) is 11.5 Å². The van der Waals surface area contributed by atoms with Crippen LogP contribution in [0.25, 0.3) is 0 Å². The molecule has 2 N–H and O–H groups in total. The molecule has 0 aromatic carbocycles. The molecule has 1 saturated heterocycles. The molecular weight excluding hydrogens is 300 g/mol. The first-order chi connectivity index (χ1) is 10.4. The van der Waals surface area contributed by atoms with E-state index in [0.717, 1.165) is 32.1 Å². The first kappa shape index (κ1) is 17.7. The molecule has 0 spiro atoms. The lowest BCUT2D eigenvalue weighted by atomic mass is 9.71. The van der Waals surface area contributed by atoms with E-state index < -0.39 is 9.84 Å². The van der Waals surface area contributed by atoms with E-state index in [2.05, 4.69) is 0 Å². The van der Waals surface area contributed by atoms with Crippen molar-refractivity contribution in [2.24, 2.45) is 11.1 Å². The lowest BCUT2D eigenvalue weighted by Gasteiger charge is -2.38. The van der Waals surface area contributed by atoms with Gasteiger partial charge < -0.3 is 10.6 Å². The van der Waals surface area contributed by atoms with Crippen molar-refractivity contribution >= 4 is 15.7 Å². The lowest BCUT2D eigenvalue weighted by Crippen LogP contribution is -2.45. The van der Waals surface area contributed by atoms with Gasteiger partial charge in [-0.15, -0.1) is 0 Å². The molecule has 22 heavy (non-hydrogen) atoms. The van der Waals surface area contributed by atoms with Crippen LogP contribution >= 0.6 is 0 Å². The van der Waals surface area contributed by atoms with E-state index in [1.165, 1.54) is 6.42 Å². The van der Waals surface area contributed by atoms with Gasteiger partial charge in [0, 0.05) is 19.0 Å². The summed E-state index contributed by atoms with van der Waals surface area (Å²) >= 11 is 0. The molecule has 2 aliphatic rings. The highest BCUT2D eigenvalue weighted by Gasteiger charge is 2.38. The van der Waals surface area contributed by atoms with E-state index in [0.29, 0.717) is 25.9 Å². The zero-order chi connectivity index (χ0) is 16.2. The van der Waals surface area contributed by atoms with Crippen molar-refractivity contribution in [1.82, 2.24) is 4.90 Å². The van der Waals surface area contributed by atoms with Crippen molar-refractivity contribution in [3.8, 4) is 0 Å². The summed E-state index contributed by atoms with van der Waals surface area (Å²) in [6.07, 6.45) is 7.51. The molecule has 6 heteroatoms. The normalized spacial score (nSPS) is 26.7. The molecule has 0 radical (unpaired) electrons. The van der Waals surface area contributed by atoms with E-state index in [9.17, 15) is 13.2 Å². The SMILES string of the molecule is CCCN(C(=O)CC1(CN)CCCCC1)C1CCS(=O)(=O)C1. The summed E-state index contributed by atoms with van der Waals surface area (Å²) in [7, 11) is -2.96. The summed E-state index contributed by atoms with van der Waals surface area (Å²) in [5, 5.41) is 0. The zero-order valence-corrected chi connectivity index (χ0v) is 14.5. The average molecular weight is 330 g/mol. The van der Waals surface area contributed by atoms with Crippen molar-refractivity contribution in [1.29, 1.82) is 0 Å². The molecule has 1 aliphatic carbocycles. The molecule has 1 atom stereocenters. The number of hydrogen-bond acceptors (Lipinski definition) is 4. The fourth-order valence-corrected chi connectivity index (χ4v) is 5.68. The van der Waals surface area contributed by atoms with Crippen LogP contribution in [0.4, 0.5) is 0 Å². The summed E-state index contributed by atoms with van der Waals surface area (Å²) < 4.78 is 23.4. The van der Waals surface area contributed by atoms with E-state index in [-0.39, 0.29) is 28.9 Å². The molecule has 1 unspecified atom stereocenters. The fraction of sp³-hybridized carbons (Fsp3) is 0.938. The molecule has 0 aromatic rings. The number of carbonyl (C=O) groups excluding carboxylic acids is 1. The Morgan fingerprint density at radius 3 is 2.45 bits per heavy atom. The number of rotatable bonds is 6. The number of carbonyl (C=O) groups is 1. The van der Waals surface area contributed by atoms with E-state index >= 15 is 0 Å². The summed E-state index contributed by atoms with van der Waals surface area (Å²) in [4.78, 5) is 14.7. The number of nitrogens with two attached hydrogens (primary N) is 1. The van der Waals surface area contributed by atoms with Gasteiger partial charge in [0.1, 0.15) is 0 Å². The molecular formula is C16H30N2O3S. The Morgan fingerprint density at radius 1 is 1.27 bits per heavy atom. The van der Waals surface area contributed by atoms with Gasteiger partial charge in [-0.3, -0.25) is 4.79 Å². The van der Waals surface area contributed by atoms with Crippen LogP contribution in [-0.2, 0) is 14.6 Å². The van der Waals surface area contributed by atoms with Crippen molar-refractivity contribution in [3.05, 3.63) is 0 Å². The summed E-state index contributed by atoms with van der Waals surface area (Å²) in [6, 6.07) is -0.129. The number of hydrogen-bond donors (Lipinski definition) is 1. The van der Waals surface area contributed by atoms with Gasteiger partial charge in [-0.05, 0) is 37.6 Å². The predicted octanol–water partition coefficient (Wildman–Crippen LogP) is 1.71. The Morgan fingerprint density at radius 2 is 1.95 bits per heavy atom. The van der Waals surface area contributed by atoms with E-state index in [1.54, 1.807) is 0 Å². The Balaban J connectivity index is 2.06. The molecule has 0 aromatic heterocycles. The highest BCUT2D eigenvalue weighted by molar-refractivity contribution is 7.91. The molecule has 5 nitrogen and oxygen atoms in total. The summed E-state index contributed by atoms with van der Waals surface area (Å²) in [5.74, 6) is 0.456. The van der Waals surface area contributed by atoms with Gasteiger partial charge >= 0.3 is 0 Å². The molecule has 1 amide bonds. The van der Waals surface area contributed by atoms with Crippen LogP contribution in [0.3, 0.4) is 0 Å². The van der Waals surface area contributed by atoms with Crippen LogP contribution < -0.4 is 5.73 Å². The predicted molar refractivity (Wildman–Crippen MR) is 88.3 cm³/mol. The summed E-state index contributed by atoms with van der Waals surface area (Å²) in [5.41, 5.74) is 5.93. The number of amides is 1. The van der Waals surface area contributed by atoms with Gasteiger partial charge in [-0.1, -0.05) is 26.2 Å². The lowest BCUT2D eigenvalue weighted by molar-refractivity contribution is -0.136. The summed E-state index contributed by atoms with van der Waals surface area (Å²) in [6.45, 7) is 3.24. The third-order valence-electron chi connectivity index (χ3n) is 5.31. The Kier molecular flexibility index (Phi) is 5.88. The Labute approximate surface area is 134 Å². The van der Waals surface area contributed by atoms with Gasteiger partial charge in [0.2, 0.25) is 5.91 Å². The minimum atomic E-state index is -2.96. The van der Waals surface area contributed by atoms with Crippen LogP contribution in [0.1, 0.15) is 58.3 Å². The van der Waals surface area contributed by atoms with Crippen LogP contribution in [0.15, 0.2) is 0 Å². The Hall–Kier alpha value is -0.620. The third kappa shape index (κ3) is 4.22. The van der Waals surface area contributed by atoms with E-state index in [1.807, 2.05) is 11.8 Å². The zero-order valence-electron chi connectivity index (χ0n) is 13.7. The highest BCUT2D eigenvalue weighted by atomic mass is 32.2. The molecule has 1 heterocycles. The second-order valence-corrected chi connectivity index (χ2v) is 9.31. The van der Waals surface area contributed by atoms with Crippen molar-refractivity contribution in [2.45, 2.75) is 64.3 Å². The molecule has 128 valence electrons. The average Bonchev–Trinajstić information content (AvgIpc) is 2.85. The second-order valence-electron chi connectivity index (χ2n) is 7.09. The maximum Gasteiger partial charge on any atom is 0.223 e. The van der Waals surface area contributed by atoms with Gasteiger partial charge in [0.25, 0.3) is 0 Å². The molecule has 2 rings (SSSR count). The first-order valence-electron chi connectivity index (χ1n) is 8.61. The second kappa shape index (κ2) is 7.30. The topological polar surface area (TPSA) is 80.5 Å². The van der Waals surface area contributed by atoms with Crippen LogP contribution in [0.2, 0.25) is 0 Å². The first-order valence-corrected chi connectivity index (χ1v) is 10.4. The third-order valence-corrected chi connectivity index (χ3v) is 7.06. The fourth-order valence-electron chi connectivity index (χ4n) is 3.95. The maximum absolute atomic E-state index is 12.8. The number of sulfone groups is 1. The highest BCUT2D eigenvalue weighted by Crippen LogP contribution is 2.39. The van der Waals surface area contributed by atoms with Crippen molar-refractivity contribution in [2.75, 3.05) is 24.6 Å². The van der Waals surface area contributed by atoms with Crippen molar-refractivity contribution in [3.63, 3.8) is 0 Å². The van der Waals surface area contributed by atoms with Gasteiger partial charge in [-0.2, -0.15) is 0 Å². The molecule has 2 fully saturated rings. The molecule has 0 bridgehead atoms. The van der Waals surface area contributed by atoms with E-state index in [4.69, 9.17) is 5.73 Å². The van der Waals surface area contributed by atoms with Crippen LogP contribution in [0.5, 0.6) is 0 Å². The van der Waals surface area contributed by atoms with Gasteiger partial charge in [-0.25, -0.2) is 8.42 Å². The van der Waals surface area contributed by atoms with Crippen molar-refractivity contribution < 1.29 is 13.2 Å². The monoisotopic (exact) mass is 330 g/mol. The minimum absolute atomic E-state index is 0.0567. The number of nitrogens with zero attached hydrogens (tertiary/aromatic N) is 1. The molecule has 1 aliphatic heterocycles. The largest absolute Gasteiger partial charge is 0.339 e.